The second kappa shape index (κ2) is 14.4. The number of aromatic nitrogens is 2. The number of fused-ring (bicyclic) bond motifs is 1. The number of nitrogens with one attached hydrogen (secondary N) is 2. The van der Waals surface area contributed by atoms with Gasteiger partial charge in [0.25, 0.3) is 5.91 Å². The second-order valence-electron chi connectivity index (χ2n) is 14.0. The molecule has 1 amide bonds. The number of thiazole rings is 1. The van der Waals surface area contributed by atoms with Gasteiger partial charge >= 0.3 is 6.11 Å². The van der Waals surface area contributed by atoms with Gasteiger partial charge in [0.15, 0.2) is 0 Å². The number of aliphatic hydroxyl groups excluding tert-OH is 2. The number of nitrogens with zero attached hydrogens (tertiary/aromatic N) is 3. The predicted molar refractivity (Wildman–Crippen MR) is 184 cm³/mol. The molecule has 4 N–H and O–H groups in total. The molecule has 1 aliphatic carbocycles. The summed E-state index contributed by atoms with van der Waals surface area (Å²) in [5, 5.41) is 28.3. The number of hydrogen-bond acceptors (Lipinski definition) is 9. The number of H-pyrrole nitrogens is 1. The molecule has 13 heteroatoms. The van der Waals surface area contributed by atoms with Crippen molar-refractivity contribution in [3.63, 3.8) is 0 Å². The van der Waals surface area contributed by atoms with Crippen LogP contribution < -0.4 is 21.4 Å². The van der Waals surface area contributed by atoms with Crippen LogP contribution in [0, 0.1) is 5.92 Å². The Morgan fingerprint density at radius 1 is 1.18 bits per heavy atom. The van der Waals surface area contributed by atoms with Gasteiger partial charge in [0.1, 0.15) is 18.0 Å². The average molecular weight is 698 g/mol. The lowest BCUT2D eigenvalue weighted by Crippen LogP contribution is -2.62. The highest BCUT2D eigenvalue weighted by Crippen LogP contribution is 2.39. The Balaban J connectivity index is 1.01. The largest absolute Gasteiger partial charge is 0.510 e. The molecule has 10 nitrogen and oxygen atoms in total. The number of benzene rings is 1. The summed E-state index contributed by atoms with van der Waals surface area (Å²) in [4.78, 5) is 35.6. The van der Waals surface area contributed by atoms with Crippen LogP contribution in [0.4, 0.5) is 8.78 Å². The third-order valence-corrected chi connectivity index (χ3v) is 10.9. The predicted octanol–water partition coefficient (Wildman–Crippen LogP) is 3.10. The average Bonchev–Trinajstić information content (AvgIpc) is 3.56. The minimum atomic E-state index is -3.43. The molecule has 1 aromatic carbocycles. The monoisotopic (exact) mass is 697 g/mol. The highest BCUT2D eigenvalue weighted by Gasteiger charge is 2.52. The van der Waals surface area contributed by atoms with E-state index in [9.17, 15) is 28.6 Å². The molecule has 4 heterocycles. The summed E-state index contributed by atoms with van der Waals surface area (Å²) >= 11 is 1.37. The third kappa shape index (κ3) is 8.12. The Hall–Kier alpha value is -3.49. The Kier molecular flexibility index (Phi) is 10.4. The summed E-state index contributed by atoms with van der Waals surface area (Å²) in [5.41, 5.74) is 1.87. The van der Waals surface area contributed by atoms with E-state index in [1.807, 2.05) is 26.8 Å². The first-order valence-corrected chi connectivity index (χ1v) is 17.9. The van der Waals surface area contributed by atoms with Crippen LogP contribution in [0.25, 0.3) is 11.3 Å². The fraction of sp³-hybridized carbons (Fsp3) is 0.528. The van der Waals surface area contributed by atoms with Gasteiger partial charge in [-0.1, -0.05) is 45.0 Å². The molecule has 264 valence electrons. The van der Waals surface area contributed by atoms with Gasteiger partial charge < -0.3 is 30.2 Å². The number of aromatic amines is 1. The van der Waals surface area contributed by atoms with Crippen molar-refractivity contribution in [3.8, 4) is 0 Å². The first-order chi connectivity index (χ1) is 23.3. The van der Waals surface area contributed by atoms with Crippen LogP contribution in [0.3, 0.4) is 0 Å². The number of ether oxygens (including phenoxy) is 1. The van der Waals surface area contributed by atoms with Gasteiger partial charge in [-0.15, -0.1) is 11.3 Å². The van der Waals surface area contributed by atoms with E-state index in [2.05, 4.69) is 38.4 Å². The number of alkyl halides is 2. The van der Waals surface area contributed by atoms with Crippen molar-refractivity contribution in [2.24, 2.45) is 5.92 Å². The van der Waals surface area contributed by atoms with E-state index in [-0.39, 0.29) is 35.4 Å². The molecule has 0 bridgehead atoms. The van der Waals surface area contributed by atoms with E-state index >= 15 is 0 Å². The van der Waals surface area contributed by atoms with Crippen LogP contribution in [0.2, 0.25) is 0 Å². The van der Waals surface area contributed by atoms with Crippen molar-refractivity contribution in [1.82, 2.24) is 25.1 Å². The lowest BCUT2D eigenvalue weighted by Gasteiger charge is -2.49. The maximum absolute atomic E-state index is 14.9. The normalized spacial score (nSPS) is 21.3. The molecule has 3 aliphatic rings. The smallest absolute Gasteiger partial charge is 0.373 e. The highest BCUT2D eigenvalue weighted by atomic mass is 32.1. The van der Waals surface area contributed by atoms with Gasteiger partial charge in [0.05, 0.1) is 28.6 Å². The van der Waals surface area contributed by atoms with Crippen molar-refractivity contribution in [2.75, 3.05) is 39.3 Å². The molecule has 2 atom stereocenters. The van der Waals surface area contributed by atoms with E-state index in [0.717, 1.165) is 28.1 Å². The first kappa shape index (κ1) is 35.3. The minimum absolute atomic E-state index is 0.117. The number of hydrogen-bond donors (Lipinski definition) is 4. The molecule has 2 fully saturated rings. The second-order valence-corrected chi connectivity index (χ2v) is 14.9. The lowest BCUT2D eigenvalue weighted by atomic mass is 9.88. The fourth-order valence-electron chi connectivity index (χ4n) is 7.12. The summed E-state index contributed by atoms with van der Waals surface area (Å²) in [6, 6.07) is 11.3. The molecule has 49 heavy (non-hydrogen) atoms. The molecule has 6 rings (SSSR count). The summed E-state index contributed by atoms with van der Waals surface area (Å²) in [7, 11) is 0. The molecule has 0 saturated carbocycles. The Morgan fingerprint density at radius 2 is 1.94 bits per heavy atom. The molecule has 2 aromatic heterocycles. The Morgan fingerprint density at radius 3 is 2.67 bits per heavy atom. The van der Waals surface area contributed by atoms with E-state index in [0.29, 0.717) is 62.6 Å². The zero-order valence-electron chi connectivity index (χ0n) is 28.2. The Labute approximate surface area is 288 Å². The quantitative estimate of drug-likeness (QED) is 0.238. The topological polar surface area (TPSA) is 131 Å². The molecule has 1 spiro atoms. The fourth-order valence-corrected chi connectivity index (χ4v) is 7.93. The molecular formula is C36H45F2N5O5S. The SMILES string of the molecule is CC1CC(C(O)CNCCc2cccc(CN3CCC4(CC3)CN(C(=O)c3csc(C(C)C)n3)CC(F)(F)O4)c2)=c2ccc(=O)[nH]c2=C1O. The molecule has 0 radical (unpaired) electrons. The molecule has 3 aromatic rings. The van der Waals surface area contributed by atoms with E-state index in [4.69, 9.17) is 4.74 Å². The van der Waals surface area contributed by atoms with Crippen LogP contribution >= 0.6 is 11.3 Å². The first-order valence-electron chi connectivity index (χ1n) is 17.0. The number of carbonyl (C=O) groups excluding carboxylic acids is 1. The van der Waals surface area contributed by atoms with Crippen LogP contribution in [0.15, 0.2) is 46.6 Å². The number of morpholine rings is 1. The number of halogens is 2. The number of amides is 1. The standard InChI is InChI=1S/C36H45F2N5O5S/c1-22(2)33-40-28(19-49-33)34(47)43-20-35(48-36(37,38)21-43)10-13-42(14-11-35)18-25-6-4-5-24(16-25)9-12-39-17-29(44)27-15-23(3)32(46)31-26(27)7-8-30(45)41-31/h4-8,16,19,22-23,29,39,44,46H,9-15,17-18,20-21H2,1-3H3,(H,41,45). The lowest BCUT2D eigenvalue weighted by molar-refractivity contribution is -0.332. The maximum atomic E-state index is 14.9. The van der Waals surface area contributed by atoms with Gasteiger partial charge in [0.2, 0.25) is 5.56 Å². The Bertz CT molecular complexity index is 1850. The number of pyridine rings is 1. The van der Waals surface area contributed by atoms with Crippen LogP contribution in [0.1, 0.15) is 72.6 Å². The van der Waals surface area contributed by atoms with Crippen LogP contribution in [-0.4, -0.2) is 93.0 Å². The van der Waals surface area contributed by atoms with Crippen molar-refractivity contribution >= 4 is 28.6 Å². The van der Waals surface area contributed by atoms with Gasteiger partial charge in [-0.2, -0.15) is 8.78 Å². The number of aliphatic hydroxyl groups is 2. The van der Waals surface area contributed by atoms with Crippen molar-refractivity contribution < 1.29 is 28.5 Å². The molecule has 2 saturated heterocycles. The summed E-state index contributed by atoms with van der Waals surface area (Å²) < 4.78 is 35.1. The van der Waals surface area contributed by atoms with Crippen LogP contribution in [-0.2, 0) is 17.7 Å². The number of rotatable bonds is 10. The van der Waals surface area contributed by atoms with Crippen LogP contribution in [0.5, 0.6) is 0 Å². The zero-order valence-corrected chi connectivity index (χ0v) is 29.0. The third-order valence-electron chi connectivity index (χ3n) is 9.75. The summed E-state index contributed by atoms with van der Waals surface area (Å²) in [5.74, 6) is -0.385. The minimum Gasteiger partial charge on any atom is -0.510 e. The van der Waals surface area contributed by atoms with E-state index in [1.54, 1.807) is 11.4 Å². The number of carbonyl (C=O) groups is 1. The zero-order chi connectivity index (χ0) is 34.9. The highest BCUT2D eigenvalue weighted by molar-refractivity contribution is 7.09. The summed E-state index contributed by atoms with van der Waals surface area (Å²) in [6.07, 6.45) is -2.16. The van der Waals surface area contributed by atoms with Gasteiger partial charge in [-0.05, 0) is 55.0 Å². The van der Waals surface area contributed by atoms with Gasteiger partial charge in [0, 0.05) is 54.7 Å². The summed E-state index contributed by atoms with van der Waals surface area (Å²) in [6.45, 7) is 7.97. The molecule has 2 aliphatic heterocycles. The van der Waals surface area contributed by atoms with E-state index in [1.165, 1.54) is 22.3 Å². The molecule has 2 unspecified atom stereocenters. The van der Waals surface area contributed by atoms with Crippen molar-refractivity contribution in [1.29, 1.82) is 0 Å². The molecular weight excluding hydrogens is 652 g/mol. The van der Waals surface area contributed by atoms with Crippen molar-refractivity contribution in [3.05, 3.63) is 84.5 Å². The number of likely N-dealkylation sites (tertiary alicyclic amines) is 1. The van der Waals surface area contributed by atoms with Gasteiger partial charge in [-0.25, -0.2) is 4.98 Å². The maximum Gasteiger partial charge on any atom is 0.373 e. The van der Waals surface area contributed by atoms with Crippen molar-refractivity contribution in [2.45, 2.75) is 76.7 Å². The van der Waals surface area contributed by atoms with Gasteiger partial charge in [-0.3, -0.25) is 14.5 Å². The van der Waals surface area contributed by atoms with E-state index < -0.39 is 30.3 Å². The number of piperidine rings is 1.